The number of rotatable bonds is 3. The maximum absolute atomic E-state index is 3.34. The number of allylic oxidation sites excluding steroid dienone is 5. The van der Waals surface area contributed by atoms with Gasteiger partial charge in [-0.15, -0.1) is 0 Å². The Morgan fingerprint density at radius 1 is 0.903 bits per heavy atom. The van der Waals surface area contributed by atoms with E-state index in [2.05, 4.69) is 92.4 Å². The van der Waals surface area contributed by atoms with E-state index < -0.39 is 17.4 Å². The Hall–Kier alpha value is -1.24. The van der Waals surface area contributed by atoms with Gasteiger partial charge in [0, 0.05) is 0 Å². The number of hydrogen-bond donors (Lipinski definition) is 0. The van der Waals surface area contributed by atoms with Crippen LogP contribution in [0.3, 0.4) is 0 Å². The van der Waals surface area contributed by atoms with E-state index in [1.165, 1.54) is 36.0 Å². The molecule has 3 aliphatic carbocycles. The third kappa shape index (κ3) is 3.16. The van der Waals surface area contributed by atoms with E-state index in [9.17, 15) is 0 Å². The van der Waals surface area contributed by atoms with Crippen LogP contribution in [0.4, 0.5) is 0 Å². The summed E-state index contributed by atoms with van der Waals surface area (Å²) in [6, 6.07) is 16.3. The molecule has 0 fully saturated rings. The van der Waals surface area contributed by atoms with Gasteiger partial charge < -0.3 is 0 Å². The summed E-state index contributed by atoms with van der Waals surface area (Å²) < 4.78 is 7.89. The number of hydrogen-bond acceptors (Lipinski definition) is 0. The van der Waals surface area contributed by atoms with Gasteiger partial charge in [0.05, 0.1) is 0 Å². The van der Waals surface area contributed by atoms with Crippen LogP contribution >= 0.6 is 0 Å². The van der Waals surface area contributed by atoms with Crippen LogP contribution in [0.5, 0.6) is 0 Å². The molecule has 0 heterocycles. The molecule has 5 rings (SSSR count). The van der Waals surface area contributed by atoms with E-state index in [0.717, 1.165) is 0 Å². The Bertz CT molecular complexity index is 1260. The van der Waals surface area contributed by atoms with Gasteiger partial charge in [-0.1, -0.05) is 0 Å². The monoisotopic (exact) mass is 502 g/mol. The van der Waals surface area contributed by atoms with Crippen molar-refractivity contribution in [2.75, 3.05) is 0 Å². The molecule has 0 aromatic heterocycles. The Morgan fingerprint density at radius 3 is 2.16 bits per heavy atom. The maximum atomic E-state index is 2.73. The molecular formula is C29H36SiZr. The minimum absolute atomic E-state index is 0.585. The fourth-order valence-corrected chi connectivity index (χ4v) is 25.5. The predicted molar refractivity (Wildman–Crippen MR) is 135 cm³/mol. The van der Waals surface area contributed by atoms with Gasteiger partial charge in [-0.3, -0.25) is 0 Å². The molecule has 0 aliphatic heterocycles. The van der Waals surface area contributed by atoms with Crippen molar-refractivity contribution >= 4 is 12.5 Å². The first-order chi connectivity index (χ1) is 14.6. The third-order valence-corrected chi connectivity index (χ3v) is 26.1. The fourth-order valence-electron chi connectivity index (χ4n) is 6.97. The Balaban J connectivity index is 1.75. The van der Waals surface area contributed by atoms with Crippen molar-refractivity contribution in [1.82, 2.24) is 0 Å². The van der Waals surface area contributed by atoms with Crippen molar-refractivity contribution in [2.24, 2.45) is 5.92 Å². The van der Waals surface area contributed by atoms with Gasteiger partial charge in [-0.25, -0.2) is 0 Å². The Morgan fingerprint density at radius 2 is 1.55 bits per heavy atom. The zero-order valence-electron chi connectivity index (χ0n) is 20.1. The minimum atomic E-state index is -3.34. The van der Waals surface area contributed by atoms with Crippen molar-refractivity contribution in [3.63, 3.8) is 0 Å². The molecule has 2 aromatic carbocycles. The van der Waals surface area contributed by atoms with Crippen LogP contribution in [0.25, 0.3) is 5.57 Å². The van der Waals surface area contributed by atoms with Crippen molar-refractivity contribution < 1.29 is 17.4 Å². The third-order valence-electron chi connectivity index (χ3n) is 8.83. The summed E-state index contributed by atoms with van der Waals surface area (Å²) in [6.07, 6.45) is 6.53. The van der Waals surface area contributed by atoms with Gasteiger partial charge >= 0.3 is 192 Å². The normalized spacial score (nSPS) is 23.4. The van der Waals surface area contributed by atoms with Crippen LogP contribution in [0, 0.1) is 5.92 Å². The molecule has 3 aliphatic rings. The molecule has 2 unspecified atom stereocenters. The van der Waals surface area contributed by atoms with E-state index in [1.807, 2.05) is 3.28 Å². The average molecular weight is 504 g/mol. The van der Waals surface area contributed by atoms with Crippen LogP contribution in [0.1, 0.15) is 65.6 Å². The topological polar surface area (TPSA) is 0 Å². The van der Waals surface area contributed by atoms with Gasteiger partial charge in [0.25, 0.3) is 0 Å². The van der Waals surface area contributed by atoms with Crippen molar-refractivity contribution in [1.29, 1.82) is 0 Å². The summed E-state index contributed by atoms with van der Waals surface area (Å²) in [5, 5.41) is 0. The Kier molecular flexibility index (Phi) is 4.97. The van der Waals surface area contributed by atoms with Crippen LogP contribution in [0.15, 0.2) is 68.5 Å². The second-order valence-corrected chi connectivity index (χ2v) is 40.9. The average Bonchev–Trinajstić information content (AvgIpc) is 3.39. The molecule has 0 saturated carbocycles. The zero-order valence-corrected chi connectivity index (χ0v) is 24.0. The van der Waals surface area contributed by atoms with Gasteiger partial charge in [-0.2, -0.15) is 0 Å². The number of aryl methyl sites for hydroxylation is 2. The van der Waals surface area contributed by atoms with Crippen LogP contribution in [-0.4, -0.2) is 6.88 Å². The fraction of sp³-hybridized carbons (Fsp3) is 0.379. The summed E-state index contributed by atoms with van der Waals surface area (Å²) in [6.45, 7) is 12.0. The van der Waals surface area contributed by atoms with Gasteiger partial charge in [0.1, 0.15) is 0 Å². The number of benzene rings is 2. The molecule has 0 radical (unpaired) electrons. The first-order valence-electron chi connectivity index (χ1n) is 12.0. The van der Waals surface area contributed by atoms with E-state index in [-0.39, 0.29) is 0 Å². The second kappa shape index (κ2) is 7.13. The molecule has 160 valence electrons. The summed E-state index contributed by atoms with van der Waals surface area (Å²) in [7, 11) is 0. The molecule has 0 saturated heterocycles. The summed E-state index contributed by atoms with van der Waals surface area (Å²) in [4.78, 5) is 0. The summed E-state index contributed by atoms with van der Waals surface area (Å²) >= 11 is -3.34. The van der Waals surface area contributed by atoms with Crippen molar-refractivity contribution in [2.45, 2.75) is 59.8 Å². The van der Waals surface area contributed by atoms with Crippen molar-refractivity contribution in [3.8, 4) is 0 Å². The molecule has 0 spiro atoms. The Labute approximate surface area is 191 Å². The standard InChI is InChI=1S/C18H15.C9H13.2CH3.H2Si.Zr/c1-2-5-13(6-3-1)17-10-9-16-11-14-7-4-8-15(14)12-18(16)17;1-6-5-7(2)9(4)8(6)3;;;;/h1-3,5-6,9-12H,4,7-8H2;6H,1-4H3;2*1H3;1H2;. The van der Waals surface area contributed by atoms with E-state index in [4.69, 9.17) is 0 Å². The molecule has 0 amide bonds. The molecule has 0 bridgehead atoms. The van der Waals surface area contributed by atoms with Crippen LogP contribution < -0.4 is 0 Å². The van der Waals surface area contributed by atoms with E-state index >= 15 is 0 Å². The molecular weight excluding hydrogens is 468 g/mol. The molecule has 31 heavy (non-hydrogen) atoms. The molecule has 0 nitrogen and oxygen atoms in total. The quantitative estimate of drug-likeness (QED) is 0.387. The zero-order chi connectivity index (χ0) is 22.2. The van der Waals surface area contributed by atoms with Gasteiger partial charge in [0.2, 0.25) is 0 Å². The van der Waals surface area contributed by atoms with E-state index in [0.29, 0.717) is 9.54 Å². The van der Waals surface area contributed by atoms with E-state index in [1.54, 1.807) is 33.4 Å². The van der Waals surface area contributed by atoms with Gasteiger partial charge in [0.15, 0.2) is 0 Å². The van der Waals surface area contributed by atoms with Crippen LogP contribution in [0.2, 0.25) is 9.26 Å². The van der Waals surface area contributed by atoms with Crippen molar-refractivity contribution in [3.05, 3.63) is 96.4 Å². The van der Waals surface area contributed by atoms with Gasteiger partial charge in [-0.05, 0) is 0 Å². The molecule has 0 N–H and O–H groups in total. The number of fused-ring (bicyclic) bond motifs is 2. The molecule has 2 heteroatoms. The first-order valence-corrected chi connectivity index (χ1v) is 25.5. The SMILES string of the molecule is CC1=C(C)C(C)[C]([Zr]([CH3])([CH3])(=[SiH2])[CH]2C=C(c3ccccc3)c3cc4c(cc32)CCC4)=C1C. The first kappa shape index (κ1) is 21.6. The van der Waals surface area contributed by atoms with Crippen LogP contribution in [-0.2, 0) is 30.2 Å². The summed E-state index contributed by atoms with van der Waals surface area (Å²) in [5.74, 6) is 0.602. The summed E-state index contributed by atoms with van der Waals surface area (Å²) in [5.41, 5.74) is 14.0. The second-order valence-electron chi connectivity index (χ2n) is 11.4. The molecule has 2 atom stereocenters. The predicted octanol–water partition coefficient (Wildman–Crippen LogP) is 7.26. The molecule has 2 aromatic rings.